The summed E-state index contributed by atoms with van der Waals surface area (Å²) in [6.07, 6.45) is -0.489. The van der Waals surface area contributed by atoms with Gasteiger partial charge in [0, 0.05) is 5.92 Å². The van der Waals surface area contributed by atoms with Gasteiger partial charge >= 0.3 is 6.01 Å². The molecule has 1 aromatic heterocycles. The van der Waals surface area contributed by atoms with E-state index < -0.39 is 6.10 Å². The molecule has 110 valence electrons. The number of ether oxygens (including phenoxy) is 2. The van der Waals surface area contributed by atoms with Crippen molar-refractivity contribution < 1.29 is 18.7 Å². The second-order valence-electron chi connectivity index (χ2n) is 4.95. The molecule has 0 radical (unpaired) electrons. The Morgan fingerprint density at radius 1 is 1.29 bits per heavy atom. The number of anilines is 1. The number of carbonyl (C=O) groups excluding carboxylic acids is 1. The third-order valence-electron chi connectivity index (χ3n) is 2.98. The van der Waals surface area contributed by atoms with E-state index in [2.05, 4.69) is 15.5 Å². The van der Waals surface area contributed by atoms with Crippen LogP contribution < -0.4 is 14.8 Å². The predicted octanol–water partition coefficient (Wildman–Crippen LogP) is 2.18. The zero-order valence-corrected chi connectivity index (χ0v) is 11.7. The van der Waals surface area contributed by atoms with Crippen LogP contribution in [-0.2, 0) is 4.79 Å². The summed E-state index contributed by atoms with van der Waals surface area (Å²) in [5, 5.41) is 10.2. The number of para-hydroxylation sites is 2. The van der Waals surface area contributed by atoms with Crippen LogP contribution in [0.4, 0.5) is 6.01 Å². The lowest BCUT2D eigenvalue weighted by Crippen LogP contribution is -2.21. The molecule has 1 atom stereocenters. The van der Waals surface area contributed by atoms with Gasteiger partial charge in [0.15, 0.2) is 11.5 Å². The Morgan fingerprint density at radius 2 is 2.05 bits per heavy atom. The van der Waals surface area contributed by atoms with Crippen LogP contribution in [0.15, 0.2) is 28.7 Å². The first kappa shape index (κ1) is 13.4. The fourth-order valence-corrected chi connectivity index (χ4v) is 1.81. The predicted molar refractivity (Wildman–Crippen MR) is 73.1 cm³/mol. The Kier molecular flexibility index (Phi) is 3.47. The van der Waals surface area contributed by atoms with Crippen molar-refractivity contribution in [3.63, 3.8) is 0 Å². The first-order valence-electron chi connectivity index (χ1n) is 6.66. The van der Waals surface area contributed by atoms with Gasteiger partial charge in [-0.05, 0) is 12.1 Å². The van der Waals surface area contributed by atoms with Crippen molar-refractivity contribution in [1.82, 2.24) is 10.2 Å². The summed E-state index contributed by atoms with van der Waals surface area (Å²) in [6, 6.07) is 7.42. The highest BCUT2D eigenvalue weighted by Crippen LogP contribution is 2.35. The second kappa shape index (κ2) is 5.43. The summed E-state index contributed by atoms with van der Waals surface area (Å²) in [4.78, 5) is 11.6. The molecule has 0 fully saturated rings. The molecule has 3 rings (SSSR count). The van der Waals surface area contributed by atoms with Gasteiger partial charge in [0.2, 0.25) is 12.0 Å². The molecule has 1 aliphatic rings. The maximum atomic E-state index is 11.6. The van der Waals surface area contributed by atoms with E-state index in [1.165, 1.54) is 0 Å². The second-order valence-corrected chi connectivity index (χ2v) is 4.95. The molecule has 0 aliphatic carbocycles. The quantitative estimate of drug-likeness (QED) is 0.932. The number of nitrogens with zero attached hydrogens (tertiary/aromatic N) is 2. The maximum Gasteiger partial charge on any atom is 0.322 e. The van der Waals surface area contributed by atoms with Gasteiger partial charge in [0.1, 0.15) is 6.61 Å². The van der Waals surface area contributed by atoms with Gasteiger partial charge in [-0.3, -0.25) is 10.1 Å². The number of nitrogens with one attached hydrogen (secondary N) is 1. The molecular weight excluding hydrogens is 274 g/mol. The molecule has 0 saturated carbocycles. The third kappa shape index (κ3) is 2.81. The number of hydrogen-bond donors (Lipinski definition) is 1. The van der Waals surface area contributed by atoms with Crippen LogP contribution in [0.2, 0.25) is 0 Å². The lowest BCUT2D eigenvalue weighted by atomic mass is 10.2. The molecule has 0 spiro atoms. The fourth-order valence-electron chi connectivity index (χ4n) is 1.81. The molecular formula is C14H15N3O4. The van der Waals surface area contributed by atoms with E-state index in [4.69, 9.17) is 13.9 Å². The van der Waals surface area contributed by atoms with Crippen LogP contribution in [0.3, 0.4) is 0 Å². The van der Waals surface area contributed by atoms with E-state index in [1.807, 2.05) is 18.2 Å². The lowest BCUT2D eigenvalue weighted by Gasteiger charge is -2.23. The van der Waals surface area contributed by atoms with Crippen LogP contribution in [0.1, 0.15) is 25.8 Å². The molecule has 0 saturated heterocycles. The number of hydrogen-bond acceptors (Lipinski definition) is 6. The summed E-state index contributed by atoms with van der Waals surface area (Å²) < 4.78 is 16.7. The summed E-state index contributed by atoms with van der Waals surface area (Å²) >= 11 is 0. The van der Waals surface area contributed by atoms with Crippen molar-refractivity contribution in [3.8, 4) is 11.5 Å². The van der Waals surface area contributed by atoms with Gasteiger partial charge in [-0.15, -0.1) is 5.10 Å². The molecule has 21 heavy (non-hydrogen) atoms. The number of rotatable bonds is 3. The minimum absolute atomic E-state index is 0.0613. The molecule has 1 amide bonds. The first-order valence-corrected chi connectivity index (χ1v) is 6.66. The van der Waals surface area contributed by atoms with Crippen LogP contribution >= 0.6 is 0 Å². The Balaban J connectivity index is 1.72. The highest BCUT2D eigenvalue weighted by atomic mass is 16.6. The molecule has 1 aromatic carbocycles. The molecule has 2 aromatic rings. The number of aromatic nitrogens is 2. The van der Waals surface area contributed by atoms with E-state index in [9.17, 15) is 4.79 Å². The maximum absolute atomic E-state index is 11.6. The van der Waals surface area contributed by atoms with Gasteiger partial charge in [0.25, 0.3) is 5.89 Å². The zero-order valence-electron chi connectivity index (χ0n) is 11.7. The van der Waals surface area contributed by atoms with E-state index in [0.29, 0.717) is 11.5 Å². The summed E-state index contributed by atoms with van der Waals surface area (Å²) in [7, 11) is 0. The zero-order chi connectivity index (χ0) is 14.8. The average Bonchev–Trinajstić information content (AvgIpc) is 2.95. The molecule has 7 heteroatoms. The topological polar surface area (TPSA) is 86.5 Å². The molecule has 2 heterocycles. The Labute approximate surface area is 121 Å². The van der Waals surface area contributed by atoms with E-state index >= 15 is 0 Å². The SMILES string of the molecule is CC(C)C(=O)Nc1nnc(C2COc3ccccc3O2)o1. The molecule has 1 unspecified atom stereocenters. The van der Waals surface area contributed by atoms with Gasteiger partial charge in [0.05, 0.1) is 0 Å². The highest BCUT2D eigenvalue weighted by molar-refractivity contribution is 5.89. The van der Waals surface area contributed by atoms with Crippen LogP contribution in [0.5, 0.6) is 11.5 Å². The third-order valence-corrected chi connectivity index (χ3v) is 2.98. The molecule has 0 bridgehead atoms. The van der Waals surface area contributed by atoms with Gasteiger partial charge in [-0.1, -0.05) is 31.1 Å². The number of amides is 1. The van der Waals surface area contributed by atoms with Gasteiger partial charge in [-0.2, -0.15) is 0 Å². The summed E-state index contributed by atoms with van der Waals surface area (Å²) in [5.41, 5.74) is 0. The van der Waals surface area contributed by atoms with Gasteiger partial charge in [-0.25, -0.2) is 0 Å². The van der Waals surface area contributed by atoms with Gasteiger partial charge < -0.3 is 13.9 Å². The monoisotopic (exact) mass is 289 g/mol. The van der Waals surface area contributed by atoms with Crippen molar-refractivity contribution in [2.24, 2.45) is 5.92 Å². The van der Waals surface area contributed by atoms with Crippen LogP contribution in [0.25, 0.3) is 0 Å². The smallest absolute Gasteiger partial charge is 0.322 e. The Morgan fingerprint density at radius 3 is 2.81 bits per heavy atom. The van der Waals surface area contributed by atoms with E-state index in [-0.39, 0.29) is 30.3 Å². The first-order chi connectivity index (χ1) is 10.1. The minimum atomic E-state index is -0.489. The lowest BCUT2D eigenvalue weighted by molar-refractivity contribution is -0.119. The van der Waals surface area contributed by atoms with Crippen LogP contribution in [0, 0.1) is 5.92 Å². The van der Waals surface area contributed by atoms with Crippen molar-refractivity contribution in [1.29, 1.82) is 0 Å². The minimum Gasteiger partial charge on any atom is -0.485 e. The van der Waals surface area contributed by atoms with Crippen molar-refractivity contribution in [2.45, 2.75) is 20.0 Å². The van der Waals surface area contributed by atoms with E-state index in [1.54, 1.807) is 19.9 Å². The average molecular weight is 289 g/mol. The van der Waals surface area contributed by atoms with Crippen molar-refractivity contribution in [2.75, 3.05) is 11.9 Å². The highest BCUT2D eigenvalue weighted by Gasteiger charge is 2.27. The molecule has 7 nitrogen and oxygen atoms in total. The largest absolute Gasteiger partial charge is 0.485 e. The summed E-state index contributed by atoms with van der Waals surface area (Å²) in [6.45, 7) is 3.83. The fraction of sp³-hybridized carbons (Fsp3) is 0.357. The number of carbonyl (C=O) groups is 1. The summed E-state index contributed by atoms with van der Waals surface area (Å²) in [5.74, 6) is 1.22. The molecule has 1 N–H and O–H groups in total. The number of benzene rings is 1. The standard InChI is InChI=1S/C14H15N3O4/c1-8(2)12(18)15-14-17-16-13(21-14)11-7-19-9-5-3-4-6-10(9)20-11/h3-6,8,11H,7H2,1-2H3,(H,15,17,18). The normalized spacial score (nSPS) is 16.8. The Hall–Kier alpha value is -2.57. The number of fused-ring (bicyclic) bond motifs is 1. The van der Waals surface area contributed by atoms with Crippen molar-refractivity contribution >= 4 is 11.9 Å². The van der Waals surface area contributed by atoms with E-state index in [0.717, 1.165) is 0 Å². The van der Waals surface area contributed by atoms with Crippen LogP contribution in [-0.4, -0.2) is 22.7 Å². The van der Waals surface area contributed by atoms with Crippen molar-refractivity contribution in [3.05, 3.63) is 30.2 Å². The molecule has 1 aliphatic heterocycles. The Bertz CT molecular complexity index is 653.